The minimum absolute atomic E-state index is 0.0149. The van der Waals surface area contributed by atoms with Crippen molar-refractivity contribution in [3.05, 3.63) is 82.4 Å². The first-order chi connectivity index (χ1) is 14.5. The van der Waals surface area contributed by atoms with E-state index in [1.165, 1.54) is 0 Å². The molecule has 0 bridgehead atoms. The van der Waals surface area contributed by atoms with Gasteiger partial charge in [0.05, 0.1) is 30.1 Å². The molecule has 0 atom stereocenters. The van der Waals surface area contributed by atoms with Gasteiger partial charge in [-0.05, 0) is 24.3 Å². The molecule has 6 heteroatoms. The summed E-state index contributed by atoms with van der Waals surface area (Å²) in [4.78, 5) is 18.8. The number of fused-ring (bicyclic) bond motifs is 1. The summed E-state index contributed by atoms with van der Waals surface area (Å²) in [6, 6.07) is 20.7. The van der Waals surface area contributed by atoms with E-state index in [1.54, 1.807) is 31.2 Å². The van der Waals surface area contributed by atoms with Crippen LogP contribution < -0.4 is 9.64 Å². The smallest absolute Gasteiger partial charge is 0.248 e. The molecule has 1 amide bonds. The Hall–Kier alpha value is -3.62. The predicted molar refractivity (Wildman–Crippen MR) is 119 cm³/mol. The molecule has 0 saturated heterocycles. The number of aliphatic imine (C=N–C) groups is 1. The number of benzene rings is 3. The van der Waals surface area contributed by atoms with E-state index in [0.717, 1.165) is 22.3 Å². The molecule has 0 fully saturated rings. The second-order valence-electron chi connectivity index (χ2n) is 6.86. The van der Waals surface area contributed by atoms with Crippen molar-refractivity contribution in [1.29, 1.82) is 5.26 Å². The zero-order chi connectivity index (χ0) is 21.3. The number of hydrogen-bond donors (Lipinski definition) is 0. The molecule has 0 spiro atoms. The van der Waals surface area contributed by atoms with Crippen molar-refractivity contribution in [2.75, 3.05) is 25.6 Å². The average Bonchev–Trinajstić information content (AvgIpc) is 2.90. The fourth-order valence-electron chi connectivity index (χ4n) is 3.55. The lowest BCUT2D eigenvalue weighted by atomic mass is 9.94. The number of carbonyl (C=O) groups excluding carboxylic acids is 1. The summed E-state index contributed by atoms with van der Waals surface area (Å²) in [5.41, 5.74) is 5.03. The molecule has 4 rings (SSSR count). The van der Waals surface area contributed by atoms with Crippen LogP contribution in [-0.4, -0.2) is 32.3 Å². The quantitative estimate of drug-likeness (QED) is 0.622. The van der Waals surface area contributed by atoms with E-state index < -0.39 is 0 Å². The summed E-state index contributed by atoms with van der Waals surface area (Å²) >= 11 is 6.46. The van der Waals surface area contributed by atoms with Crippen molar-refractivity contribution < 1.29 is 9.53 Å². The number of benzodiazepines with no additional fused rings is 1. The molecule has 30 heavy (non-hydrogen) atoms. The second-order valence-corrected chi connectivity index (χ2v) is 7.27. The van der Waals surface area contributed by atoms with E-state index in [4.69, 9.17) is 16.3 Å². The Bertz CT molecular complexity index is 1230. The topological polar surface area (TPSA) is 65.7 Å². The number of ether oxygens (including phenoxy) is 1. The van der Waals surface area contributed by atoms with Gasteiger partial charge in [-0.2, -0.15) is 5.26 Å². The van der Waals surface area contributed by atoms with Gasteiger partial charge in [0.1, 0.15) is 12.3 Å². The number of rotatable bonds is 3. The average molecular weight is 416 g/mol. The highest BCUT2D eigenvalue weighted by molar-refractivity contribution is 6.33. The third kappa shape index (κ3) is 3.42. The SMILES string of the molecule is COc1cc2c(cc1-c1ccccc1Cl)C(c1cccc(C#N)c1)=NCC(=O)N2C. The van der Waals surface area contributed by atoms with E-state index in [-0.39, 0.29) is 12.5 Å². The molecule has 1 heterocycles. The van der Waals surface area contributed by atoms with Gasteiger partial charge in [-0.1, -0.05) is 41.9 Å². The molecule has 0 aliphatic carbocycles. The second kappa shape index (κ2) is 8.02. The van der Waals surface area contributed by atoms with Gasteiger partial charge in [0.15, 0.2) is 0 Å². The molecule has 148 valence electrons. The number of hydrogen-bond acceptors (Lipinski definition) is 4. The van der Waals surface area contributed by atoms with Gasteiger partial charge >= 0.3 is 0 Å². The van der Waals surface area contributed by atoms with Crippen molar-refractivity contribution in [2.45, 2.75) is 0 Å². The summed E-state index contributed by atoms with van der Waals surface area (Å²) in [5, 5.41) is 9.90. The molecule has 0 saturated carbocycles. The van der Waals surface area contributed by atoms with Crippen LogP contribution in [0.3, 0.4) is 0 Å². The van der Waals surface area contributed by atoms with E-state index in [0.29, 0.717) is 27.7 Å². The zero-order valence-electron chi connectivity index (χ0n) is 16.5. The van der Waals surface area contributed by atoms with Crippen LogP contribution in [-0.2, 0) is 4.79 Å². The number of methoxy groups -OCH3 is 1. The molecule has 1 aliphatic heterocycles. The Kier molecular flexibility index (Phi) is 5.26. The first kappa shape index (κ1) is 19.7. The van der Waals surface area contributed by atoms with Crippen LogP contribution in [0.4, 0.5) is 5.69 Å². The van der Waals surface area contributed by atoms with Crippen molar-refractivity contribution in [3.63, 3.8) is 0 Å². The predicted octanol–water partition coefficient (Wildman–Crippen LogP) is 4.70. The summed E-state index contributed by atoms with van der Waals surface area (Å²) in [7, 11) is 3.31. The number of halogens is 1. The lowest BCUT2D eigenvalue weighted by Gasteiger charge is -2.21. The molecule has 0 radical (unpaired) electrons. The molecule has 0 unspecified atom stereocenters. The van der Waals surface area contributed by atoms with E-state index in [1.807, 2.05) is 48.5 Å². The maximum Gasteiger partial charge on any atom is 0.248 e. The van der Waals surface area contributed by atoms with Crippen LogP contribution in [0.2, 0.25) is 5.02 Å². The highest BCUT2D eigenvalue weighted by Crippen LogP contribution is 2.40. The number of likely N-dealkylation sites (N-methyl/N-ethyl adjacent to an activating group) is 1. The fraction of sp³-hybridized carbons (Fsp3) is 0.125. The van der Waals surface area contributed by atoms with Crippen LogP contribution in [0.25, 0.3) is 11.1 Å². The van der Waals surface area contributed by atoms with Gasteiger partial charge in [-0.25, -0.2) is 0 Å². The van der Waals surface area contributed by atoms with Gasteiger partial charge in [0.25, 0.3) is 0 Å². The Morgan fingerprint density at radius 2 is 1.87 bits per heavy atom. The Balaban J connectivity index is 2.01. The molecule has 0 N–H and O–H groups in total. The lowest BCUT2D eigenvalue weighted by molar-refractivity contribution is -0.116. The maximum absolute atomic E-state index is 12.6. The van der Waals surface area contributed by atoms with Gasteiger partial charge in [0.2, 0.25) is 5.91 Å². The molecule has 3 aromatic rings. The van der Waals surface area contributed by atoms with Gasteiger partial charge in [-0.3, -0.25) is 9.79 Å². The minimum atomic E-state index is -0.129. The van der Waals surface area contributed by atoms with Crippen molar-refractivity contribution in [2.24, 2.45) is 4.99 Å². The summed E-state index contributed by atoms with van der Waals surface area (Å²) in [6.45, 7) is 0.0149. The van der Waals surface area contributed by atoms with Crippen LogP contribution >= 0.6 is 11.6 Å². The molecule has 5 nitrogen and oxygen atoms in total. The normalized spacial score (nSPS) is 13.2. The van der Waals surface area contributed by atoms with Gasteiger partial charge < -0.3 is 9.64 Å². The summed E-state index contributed by atoms with van der Waals surface area (Å²) in [6.07, 6.45) is 0. The summed E-state index contributed by atoms with van der Waals surface area (Å²) < 4.78 is 5.64. The first-order valence-electron chi connectivity index (χ1n) is 9.32. The third-order valence-electron chi connectivity index (χ3n) is 5.11. The van der Waals surface area contributed by atoms with Crippen molar-refractivity contribution in [1.82, 2.24) is 0 Å². The van der Waals surface area contributed by atoms with E-state index in [2.05, 4.69) is 11.1 Å². The number of anilines is 1. The van der Waals surface area contributed by atoms with Crippen LogP contribution in [0.1, 0.15) is 16.7 Å². The Morgan fingerprint density at radius 3 is 2.60 bits per heavy atom. The highest BCUT2D eigenvalue weighted by atomic mass is 35.5. The third-order valence-corrected chi connectivity index (χ3v) is 5.44. The van der Waals surface area contributed by atoms with Crippen LogP contribution in [0.5, 0.6) is 5.75 Å². The zero-order valence-corrected chi connectivity index (χ0v) is 17.3. The van der Waals surface area contributed by atoms with E-state index >= 15 is 0 Å². The molecule has 0 aromatic heterocycles. The Morgan fingerprint density at radius 1 is 1.07 bits per heavy atom. The molecular formula is C24H18ClN3O2. The molecule has 1 aliphatic rings. The maximum atomic E-state index is 12.6. The number of nitriles is 1. The largest absolute Gasteiger partial charge is 0.496 e. The lowest BCUT2D eigenvalue weighted by Crippen LogP contribution is -2.27. The summed E-state index contributed by atoms with van der Waals surface area (Å²) in [5.74, 6) is 0.476. The standard InChI is InChI=1S/C24H18ClN3O2/c1-28-21-12-22(30-2)18(17-8-3-4-9-20(17)25)11-19(21)24(27-14-23(28)29)16-7-5-6-15(10-16)13-26/h3-12H,14H2,1-2H3. The monoisotopic (exact) mass is 415 g/mol. The van der Waals surface area contributed by atoms with Crippen LogP contribution in [0, 0.1) is 11.3 Å². The first-order valence-corrected chi connectivity index (χ1v) is 9.70. The fourth-order valence-corrected chi connectivity index (χ4v) is 3.79. The van der Waals surface area contributed by atoms with Gasteiger partial charge in [-0.15, -0.1) is 0 Å². The number of nitrogens with zero attached hydrogens (tertiary/aromatic N) is 3. The Labute approximate surface area is 179 Å². The minimum Gasteiger partial charge on any atom is -0.496 e. The van der Waals surface area contributed by atoms with Crippen molar-refractivity contribution >= 4 is 28.9 Å². The molecule has 3 aromatic carbocycles. The highest BCUT2D eigenvalue weighted by Gasteiger charge is 2.25. The van der Waals surface area contributed by atoms with Crippen LogP contribution in [0.15, 0.2) is 65.7 Å². The van der Waals surface area contributed by atoms with E-state index in [9.17, 15) is 10.1 Å². The van der Waals surface area contributed by atoms with Crippen molar-refractivity contribution in [3.8, 4) is 22.9 Å². The number of carbonyl (C=O) groups is 1. The number of amides is 1. The van der Waals surface area contributed by atoms with Gasteiger partial charge in [0, 0.05) is 40.4 Å². The molecular weight excluding hydrogens is 398 g/mol.